The zero-order valence-corrected chi connectivity index (χ0v) is 14.9. The fraction of sp³-hybridized carbons (Fsp3) is 0.600. The van der Waals surface area contributed by atoms with Crippen molar-refractivity contribution in [2.24, 2.45) is 0 Å². The van der Waals surface area contributed by atoms with Crippen LogP contribution in [0.3, 0.4) is 0 Å². The molecule has 0 aliphatic rings. The SMILES string of the molecule is CSC(C)CCNS(=O)(=O)c1ccc(CNC(C)C)cc1. The quantitative estimate of drug-likeness (QED) is 0.731. The van der Waals surface area contributed by atoms with Crippen LogP contribution in [-0.4, -0.2) is 32.5 Å². The van der Waals surface area contributed by atoms with Gasteiger partial charge in [-0.15, -0.1) is 0 Å². The molecule has 1 aromatic carbocycles. The minimum Gasteiger partial charge on any atom is -0.310 e. The van der Waals surface area contributed by atoms with Crippen LogP contribution < -0.4 is 10.0 Å². The highest BCUT2D eigenvalue weighted by atomic mass is 32.2. The zero-order chi connectivity index (χ0) is 15.9. The van der Waals surface area contributed by atoms with Gasteiger partial charge in [-0.1, -0.05) is 32.9 Å². The normalized spacial score (nSPS) is 13.6. The summed E-state index contributed by atoms with van der Waals surface area (Å²) in [4.78, 5) is 0.326. The third-order valence-electron chi connectivity index (χ3n) is 3.19. The molecule has 0 amide bonds. The summed E-state index contributed by atoms with van der Waals surface area (Å²) < 4.78 is 26.9. The van der Waals surface area contributed by atoms with Crippen molar-refractivity contribution in [3.8, 4) is 0 Å². The van der Waals surface area contributed by atoms with Crippen molar-refractivity contribution in [3.05, 3.63) is 29.8 Å². The number of sulfonamides is 1. The Morgan fingerprint density at radius 2 is 1.76 bits per heavy atom. The van der Waals surface area contributed by atoms with Crippen LogP contribution in [0.4, 0.5) is 0 Å². The van der Waals surface area contributed by atoms with Crippen LogP contribution in [-0.2, 0) is 16.6 Å². The molecular weight excluding hydrogens is 304 g/mol. The second kappa shape index (κ2) is 8.78. The molecule has 0 saturated heterocycles. The van der Waals surface area contributed by atoms with E-state index in [-0.39, 0.29) is 0 Å². The van der Waals surface area contributed by atoms with Crippen LogP contribution in [0.2, 0.25) is 0 Å². The third kappa shape index (κ3) is 6.82. The Morgan fingerprint density at radius 1 is 1.14 bits per heavy atom. The van der Waals surface area contributed by atoms with Gasteiger partial charge in [0.2, 0.25) is 10.0 Å². The Bertz CT molecular complexity index is 513. The summed E-state index contributed by atoms with van der Waals surface area (Å²) in [5, 5.41) is 3.76. The van der Waals surface area contributed by atoms with Crippen molar-refractivity contribution >= 4 is 21.8 Å². The molecule has 0 radical (unpaired) electrons. The predicted molar refractivity (Wildman–Crippen MR) is 91.2 cm³/mol. The van der Waals surface area contributed by atoms with Gasteiger partial charge in [0, 0.05) is 24.4 Å². The van der Waals surface area contributed by atoms with Gasteiger partial charge in [0.1, 0.15) is 0 Å². The lowest BCUT2D eigenvalue weighted by molar-refractivity contribution is 0.578. The number of thioether (sulfide) groups is 1. The molecule has 0 heterocycles. The van der Waals surface area contributed by atoms with Gasteiger partial charge in [-0.25, -0.2) is 13.1 Å². The van der Waals surface area contributed by atoms with E-state index in [1.54, 1.807) is 23.9 Å². The number of hydrogen-bond acceptors (Lipinski definition) is 4. The van der Waals surface area contributed by atoms with Gasteiger partial charge in [0.15, 0.2) is 0 Å². The Balaban J connectivity index is 2.58. The van der Waals surface area contributed by atoms with E-state index in [0.29, 0.717) is 22.7 Å². The number of rotatable bonds is 9. The molecule has 21 heavy (non-hydrogen) atoms. The molecule has 1 atom stereocenters. The van der Waals surface area contributed by atoms with E-state index in [1.165, 1.54) is 0 Å². The highest BCUT2D eigenvalue weighted by Gasteiger charge is 2.13. The molecule has 0 aliphatic heterocycles. The molecule has 4 nitrogen and oxygen atoms in total. The Kier molecular flexibility index (Phi) is 7.73. The van der Waals surface area contributed by atoms with Crippen LogP contribution in [0, 0.1) is 0 Å². The van der Waals surface area contributed by atoms with E-state index < -0.39 is 10.0 Å². The summed E-state index contributed by atoms with van der Waals surface area (Å²) >= 11 is 1.74. The van der Waals surface area contributed by atoms with Gasteiger partial charge in [-0.3, -0.25) is 0 Å². The largest absolute Gasteiger partial charge is 0.310 e. The second-order valence-corrected chi connectivity index (χ2v) is 8.46. The molecule has 0 bridgehead atoms. The Hall–Kier alpha value is -0.560. The monoisotopic (exact) mass is 330 g/mol. The minimum atomic E-state index is -3.39. The lowest BCUT2D eigenvalue weighted by atomic mass is 10.2. The average Bonchev–Trinajstić information content (AvgIpc) is 2.45. The summed E-state index contributed by atoms with van der Waals surface area (Å²) in [6, 6.07) is 7.45. The van der Waals surface area contributed by atoms with Crippen molar-refractivity contribution in [2.45, 2.75) is 49.9 Å². The Morgan fingerprint density at radius 3 is 2.29 bits per heavy atom. The number of hydrogen-bond donors (Lipinski definition) is 2. The molecule has 0 fully saturated rings. The third-order valence-corrected chi connectivity index (χ3v) is 5.71. The summed E-state index contributed by atoms with van der Waals surface area (Å²) in [6.45, 7) is 7.48. The summed E-state index contributed by atoms with van der Waals surface area (Å²) in [6.07, 6.45) is 2.86. The first-order valence-corrected chi connectivity index (χ1v) is 9.97. The van der Waals surface area contributed by atoms with Gasteiger partial charge in [0.25, 0.3) is 0 Å². The van der Waals surface area contributed by atoms with Gasteiger partial charge < -0.3 is 5.32 Å². The number of nitrogens with one attached hydrogen (secondary N) is 2. The van der Waals surface area contributed by atoms with Crippen molar-refractivity contribution < 1.29 is 8.42 Å². The summed E-state index contributed by atoms with van der Waals surface area (Å²) in [7, 11) is -3.39. The van der Waals surface area contributed by atoms with Crippen LogP contribution in [0.15, 0.2) is 29.2 Å². The fourth-order valence-electron chi connectivity index (χ4n) is 1.71. The van der Waals surface area contributed by atoms with Gasteiger partial charge >= 0.3 is 0 Å². The molecule has 0 spiro atoms. The first-order valence-electron chi connectivity index (χ1n) is 7.20. The van der Waals surface area contributed by atoms with Crippen LogP contribution >= 0.6 is 11.8 Å². The lowest BCUT2D eigenvalue weighted by Crippen LogP contribution is -2.26. The summed E-state index contributed by atoms with van der Waals surface area (Å²) in [5.41, 5.74) is 1.08. The van der Waals surface area contributed by atoms with Crippen molar-refractivity contribution in [2.75, 3.05) is 12.8 Å². The summed E-state index contributed by atoms with van der Waals surface area (Å²) in [5.74, 6) is 0. The first kappa shape index (κ1) is 18.5. The molecule has 2 N–H and O–H groups in total. The molecule has 1 unspecified atom stereocenters. The topological polar surface area (TPSA) is 58.2 Å². The van der Waals surface area contributed by atoms with Crippen molar-refractivity contribution in [1.29, 1.82) is 0 Å². The van der Waals surface area contributed by atoms with Gasteiger partial charge in [-0.05, 0) is 30.4 Å². The molecule has 120 valence electrons. The van der Waals surface area contributed by atoms with E-state index in [4.69, 9.17) is 0 Å². The van der Waals surface area contributed by atoms with E-state index in [0.717, 1.165) is 18.5 Å². The van der Waals surface area contributed by atoms with E-state index in [9.17, 15) is 8.42 Å². The highest BCUT2D eigenvalue weighted by Crippen LogP contribution is 2.12. The molecule has 0 saturated carbocycles. The van der Waals surface area contributed by atoms with Gasteiger partial charge in [0.05, 0.1) is 4.90 Å². The maximum atomic E-state index is 12.1. The molecule has 1 aromatic rings. The van der Waals surface area contributed by atoms with E-state index in [2.05, 4.69) is 30.8 Å². The lowest BCUT2D eigenvalue weighted by Gasteiger charge is -2.11. The smallest absolute Gasteiger partial charge is 0.240 e. The highest BCUT2D eigenvalue weighted by molar-refractivity contribution is 7.99. The maximum Gasteiger partial charge on any atom is 0.240 e. The van der Waals surface area contributed by atoms with Crippen molar-refractivity contribution in [3.63, 3.8) is 0 Å². The molecule has 0 aromatic heterocycles. The maximum absolute atomic E-state index is 12.1. The first-order chi connectivity index (χ1) is 9.85. The number of benzene rings is 1. The van der Waals surface area contributed by atoms with Gasteiger partial charge in [-0.2, -0.15) is 11.8 Å². The fourth-order valence-corrected chi connectivity index (χ4v) is 3.11. The zero-order valence-electron chi connectivity index (χ0n) is 13.2. The molecule has 6 heteroatoms. The van der Waals surface area contributed by atoms with E-state index >= 15 is 0 Å². The van der Waals surface area contributed by atoms with Crippen LogP contribution in [0.25, 0.3) is 0 Å². The van der Waals surface area contributed by atoms with Crippen LogP contribution in [0.5, 0.6) is 0 Å². The van der Waals surface area contributed by atoms with E-state index in [1.807, 2.05) is 18.4 Å². The van der Waals surface area contributed by atoms with Crippen LogP contribution in [0.1, 0.15) is 32.8 Å². The predicted octanol–water partition coefficient (Wildman–Crippen LogP) is 2.60. The van der Waals surface area contributed by atoms with Crippen molar-refractivity contribution in [1.82, 2.24) is 10.0 Å². The standard InChI is InChI=1S/C15H26N2O2S2/c1-12(2)16-11-14-5-7-15(8-6-14)21(18,19)17-10-9-13(3)20-4/h5-8,12-13,16-17H,9-11H2,1-4H3. The average molecular weight is 331 g/mol. The minimum absolute atomic E-state index is 0.326. The molecule has 1 rings (SSSR count). The molecular formula is C15H26N2O2S2. The Labute approximate surface area is 133 Å². The molecule has 0 aliphatic carbocycles. The second-order valence-electron chi connectivity index (χ2n) is 5.41.